The summed E-state index contributed by atoms with van der Waals surface area (Å²) in [6, 6.07) is 8.08. The number of ether oxygens (including phenoxy) is 2. The van der Waals surface area contributed by atoms with Crippen LogP contribution in [-0.2, 0) is 9.59 Å². The van der Waals surface area contributed by atoms with Gasteiger partial charge in [-0.25, -0.2) is 4.98 Å². The fourth-order valence-electron chi connectivity index (χ4n) is 3.42. The molecule has 0 unspecified atom stereocenters. The van der Waals surface area contributed by atoms with E-state index in [1.807, 2.05) is 0 Å². The Kier molecular flexibility index (Phi) is 7.88. The van der Waals surface area contributed by atoms with Gasteiger partial charge in [0.15, 0.2) is 11.5 Å². The summed E-state index contributed by atoms with van der Waals surface area (Å²) in [5.41, 5.74) is 0.363. The van der Waals surface area contributed by atoms with Gasteiger partial charge in [-0.2, -0.15) is 0 Å². The zero-order valence-electron chi connectivity index (χ0n) is 17.9. The second-order valence-corrected chi connectivity index (χ2v) is 7.69. The minimum absolute atomic E-state index is 0.126. The molecular weight excluding hydrogens is 436 g/mol. The quantitative estimate of drug-likeness (QED) is 0.656. The topological polar surface area (TPSA) is 110 Å². The standard InChI is InChI=1S/C22H25ClN4O5/c1-31-17-5-3-15(11-18(17)32-2)21(29)25-13-20(28)27-9-7-14(8-10-27)22(30)26-19-6-4-16(23)12-24-19/h3-6,11-12,14H,7-10,13H2,1-2H3,(H,25,29)(H,24,26,30). The van der Waals surface area contributed by atoms with Crippen LogP contribution in [0, 0.1) is 5.92 Å². The van der Waals surface area contributed by atoms with Gasteiger partial charge in [0.25, 0.3) is 5.91 Å². The highest BCUT2D eigenvalue weighted by Crippen LogP contribution is 2.27. The number of pyridine rings is 1. The van der Waals surface area contributed by atoms with E-state index in [2.05, 4.69) is 15.6 Å². The number of anilines is 1. The largest absolute Gasteiger partial charge is 0.493 e. The molecule has 32 heavy (non-hydrogen) atoms. The molecule has 2 N–H and O–H groups in total. The molecule has 3 rings (SSSR count). The molecule has 1 aromatic heterocycles. The van der Waals surface area contributed by atoms with Crippen molar-refractivity contribution < 1.29 is 23.9 Å². The monoisotopic (exact) mass is 460 g/mol. The van der Waals surface area contributed by atoms with Crippen LogP contribution in [0.15, 0.2) is 36.5 Å². The minimum Gasteiger partial charge on any atom is -0.493 e. The summed E-state index contributed by atoms with van der Waals surface area (Å²) in [5, 5.41) is 5.90. The molecule has 2 aromatic rings. The van der Waals surface area contributed by atoms with Gasteiger partial charge in [0, 0.05) is 30.8 Å². The number of benzene rings is 1. The number of carbonyl (C=O) groups excluding carboxylic acids is 3. The Bertz CT molecular complexity index is 975. The van der Waals surface area contributed by atoms with Crippen LogP contribution in [0.4, 0.5) is 5.82 Å². The van der Waals surface area contributed by atoms with E-state index in [-0.39, 0.29) is 30.2 Å². The molecule has 9 nitrogen and oxygen atoms in total. The lowest BCUT2D eigenvalue weighted by Crippen LogP contribution is -2.45. The van der Waals surface area contributed by atoms with Crippen LogP contribution in [0.25, 0.3) is 0 Å². The number of rotatable bonds is 7. The molecule has 1 saturated heterocycles. The Morgan fingerprint density at radius 1 is 1.09 bits per heavy atom. The summed E-state index contributed by atoms with van der Waals surface area (Å²) in [6.07, 6.45) is 2.54. The summed E-state index contributed by atoms with van der Waals surface area (Å²) in [5.74, 6) is 0.461. The first kappa shape index (κ1) is 23.3. The average Bonchev–Trinajstić information content (AvgIpc) is 2.83. The zero-order valence-corrected chi connectivity index (χ0v) is 18.6. The molecule has 0 saturated carbocycles. The lowest BCUT2D eigenvalue weighted by molar-refractivity contribution is -0.133. The maximum atomic E-state index is 12.5. The first-order chi connectivity index (χ1) is 15.4. The van der Waals surface area contributed by atoms with Crippen molar-refractivity contribution in [3.8, 4) is 11.5 Å². The molecule has 10 heteroatoms. The highest BCUT2D eigenvalue weighted by molar-refractivity contribution is 6.30. The van der Waals surface area contributed by atoms with Crippen LogP contribution < -0.4 is 20.1 Å². The number of piperidine rings is 1. The Morgan fingerprint density at radius 3 is 2.44 bits per heavy atom. The van der Waals surface area contributed by atoms with Gasteiger partial charge in [0.05, 0.1) is 25.8 Å². The lowest BCUT2D eigenvalue weighted by Gasteiger charge is -2.31. The number of likely N-dealkylation sites (tertiary alicyclic amines) is 1. The van der Waals surface area contributed by atoms with Crippen LogP contribution >= 0.6 is 11.6 Å². The molecule has 1 aliphatic rings. The van der Waals surface area contributed by atoms with Crippen molar-refractivity contribution >= 4 is 35.1 Å². The van der Waals surface area contributed by atoms with Crippen molar-refractivity contribution in [1.82, 2.24) is 15.2 Å². The molecule has 0 atom stereocenters. The number of nitrogens with one attached hydrogen (secondary N) is 2. The van der Waals surface area contributed by atoms with Gasteiger partial charge in [-0.3, -0.25) is 14.4 Å². The molecule has 0 bridgehead atoms. The molecule has 1 aliphatic heterocycles. The SMILES string of the molecule is COc1ccc(C(=O)NCC(=O)N2CCC(C(=O)Nc3ccc(Cl)cn3)CC2)cc1OC. The van der Waals surface area contributed by atoms with E-state index < -0.39 is 0 Å². The smallest absolute Gasteiger partial charge is 0.251 e. The van der Waals surface area contributed by atoms with Crippen molar-refractivity contribution in [1.29, 1.82) is 0 Å². The van der Waals surface area contributed by atoms with E-state index in [0.717, 1.165) is 0 Å². The minimum atomic E-state index is -0.385. The predicted molar refractivity (Wildman–Crippen MR) is 119 cm³/mol. The van der Waals surface area contributed by atoms with E-state index in [1.165, 1.54) is 20.4 Å². The molecular formula is C22H25ClN4O5. The molecule has 1 fully saturated rings. The molecule has 3 amide bonds. The summed E-state index contributed by atoms with van der Waals surface area (Å²) >= 11 is 5.80. The first-order valence-electron chi connectivity index (χ1n) is 10.1. The third kappa shape index (κ3) is 5.88. The summed E-state index contributed by atoms with van der Waals surface area (Å²) < 4.78 is 10.4. The van der Waals surface area contributed by atoms with E-state index in [1.54, 1.807) is 35.2 Å². The van der Waals surface area contributed by atoms with Crippen LogP contribution in [-0.4, -0.2) is 61.5 Å². The second-order valence-electron chi connectivity index (χ2n) is 7.26. The molecule has 0 spiro atoms. The fraction of sp³-hybridized carbons (Fsp3) is 0.364. The summed E-state index contributed by atoms with van der Waals surface area (Å²) in [4.78, 5) is 43.0. The number of hydrogen-bond donors (Lipinski definition) is 2. The van der Waals surface area contributed by atoms with Crippen molar-refractivity contribution in [2.24, 2.45) is 5.92 Å². The van der Waals surface area contributed by atoms with Gasteiger partial charge in [-0.15, -0.1) is 0 Å². The van der Waals surface area contributed by atoms with E-state index >= 15 is 0 Å². The van der Waals surface area contributed by atoms with Gasteiger partial charge in [0.2, 0.25) is 11.8 Å². The Morgan fingerprint density at radius 2 is 1.81 bits per heavy atom. The number of amides is 3. The third-order valence-corrected chi connectivity index (χ3v) is 5.47. The van der Waals surface area contributed by atoms with Gasteiger partial charge in [-0.1, -0.05) is 11.6 Å². The predicted octanol–water partition coefficient (Wildman–Crippen LogP) is 2.36. The van der Waals surface area contributed by atoms with E-state index in [4.69, 9.17) is 21.1 Å². The number of methoxy groups -OCH3 is 2. The Labute approximate surface area is 191 Å². The Balaban J connectivity index is 1.45. The van der Waals surface area contributed by atoms with Gasteiger partial charge in [-0.05, 0) is 43.2 Å². The van der Waals surface area contributed by atoms with Crippen molar-refractivity contribution in [2.75, 3.05) is 39.2 Å². The maximum absolute atomic E-state index is 12.5. The van der Waals surface area contributed by atoms with Crippen molar-refractivity contribution in [3.63, 3.8) is 0 Å². The van der Waals surface area contributed by atoms with Gasteiger partial charge >= 0.3 is 0 Å². The second kappa shape index (κ2) is 10.8. The number of halogens is 1. The van der Waals surface area contributed by atoms with Crippen LogP contribution in [0.1, 0.15) is 23.2 Å². The van der Waals surface area contributed by atoms with Gasteiger partial charge in [0.1, 0.15) is 5.82 Å². The molecule has 0 aliphatic carbocycles. The third-order valence-electron chi connectivity index (χ3n) is 5.24. The Hall–Kier alpha value is -3.33. The van der Waals surface area contributed by atoms with Crippen LogP contribution in [0.5, 0.6) is 11.5 Å². The van der Waals surface area contributed by atoms with E-state index in [9.17, 15) is 14.4 Å². The molecule has 0 radical (unpaired) electrons. The first-order valence-corrected chi connectivity index (χ1v) is 10.5. The van der Waals surface area contributed by atoms with Crippen LogP contribution in [0.3, 0.4) is 0 Å². The summed E-state index contributed by atoms with van der Waals surface area (Å²) in [6.45, 7) is 0.757. The summed E-state index contributed by atoms with van der Waals surface area (Å²) in [7, 11) is 3.00. The highest BCUT2D eigenvalue weighted by atomic mass is 35.5. The van der Waals surface area contributed by atoms with Crippen molar-refractivity contribution in [3.05, 3.63) is 47.1 Å². The van der Waals surface area contributed by atoms with E-state index in [0.29, 0.717) is 53.8 Å². The number of aromatic nitrogens is 1. The van der Waals surface area contributed by atoms with Gasteiger partial charge < -0.3 is 25.0 Å². The molecule has 170 valence electrons. The highest BCUT2D eigenvalue weighted by Gasteiger charge is 2.27. The molecule has 1 aromatic carbocycles. The van der Waals surface area contributed by atoms with Crippen LogP contribution in [0.2, 0.25) is 5.02 Å². The zero-order chi connectivity index (χ0) is 23.1. The normalized spacial score (nSPS) is 13.9. The number of hydrogen-bond acceptors (Lipinski definition) is 6. The maximum Gasteiger partial charge on any atom is 0.251 e. The lowest BCUT2D eigenvalue weighted by atomic mass is 9.96. The number of carbonyl (C=O) groups is 3. The molecule has 2 heterocycles. The van der Waals surface area contributed by atoms with Crippen molar-refractivity contribution in [2.45, 2.75) is 12.8 Å². The average molecular weight is 461 g/mol. The number of nitrogens with zero attached hydrogens (tertiary/aromatic N) is 2. The fourth-order valence-corrected chi connectivity index (χ4v) is 3.53.